The van der Waals surface area contributed by atoms with Gasteiger partial charge in [-0.15, -0.1) is 5.10 Å². The largest absolute Gasteiger partial charge is 0.459 e. The van der Waals surface area contributed by atoms with Crippen LogP contribution in [0, 0.1) is 35.5 Å². The number of cyclic esters (lactones) is 1. The predicted octanol–water partition coefficient (Wildman–Crippen LogP) is 8.07. The average Bonchev–Trinajstić information content (AvgIpc) is 1.61. The molecule has 698 valence electrons. The fourth-order valence-corrected chi connectivity index (χ4v) is 17.0. The lowest BCUT2D eigenvalue weighted by atomic mass is 9.80. The van der Waals surface area contributed by atoms with Gasteiger partial charge in [0, 0.05) is 102 Å². The summed E-state index contributed by atoms with van der Waals surface area (Å²) in [6.07, 6.45) is 19.2. The van der Waals surface area contributed by atoms with Crippen LogP contribution in [0.3, 0.4) is 0 Å². The number of anilines is 2. The van der Waals surface area contributed by atoms with Gasteiger partial charge in [0.25, 0.3) is 17.7 Å². The Morgan fingerprint density at radius 3 is 2.09 bits per heavy atom. The number of hydrogen-bond donors (Lipinski definition) is 5. The van der Waals surface area contributed by atoms with Crippen molar-refractivity contribution >= 4 is 69.1 Å². The molecule has 4 aromatic heterocycles. The van der Waals surface area contributed by atoms with Gasteiger partial charge in [-0.3, -0.25) is 24.0 Å². The summed E-state index contributed by atoms with van der Waals surface area (Å²) in [7, 11) is 3.23. The summed E-state index contributed by atoms with van der Waals surface area (Å²) in [5.41, 5.74) is 24.6. The maximum Gasteiger partial charge on any atom is 0.329 e. The third-order valence-corrected chi connectivity index (χ3v) is 24.5. The Bertz CT molecular complexity index is 4360. The predicted molar refractivity (Wildman–Crippen MR) is 467 cm³/mol. The number of amides is 2. The van der Waals surface area contributed by atoms with Crippen LogP contribution in [-0.4, -0.2) is 296 Å². The maximum atomic E-state index is 14.7. The van der Waals surface area contributed by atoms with Gasteiger partial charge in [0.1, 0.15) is 47.1 Å². The van der Waals surface area contributed by atoms with Gasteiger partial charge < -0.3 is 103 Å². The van der Waals surface area contributed by atoms with E-state index in [-0.39, 0.29) is 91.6 Å². The van der Waals surface area contributed by atoms with E-state index in [2.05, 4.69) is 25.3 Å². The van der Waals surface area contributed by atoms with E-state index < -0.39 is 71.8 Å². The molecule has 0 radical (unpaired) electrons. The number of Topliss-reactive ketones (excluding diaryl/α,β-unsaturated/α-hetero) is 3. The number of ketones is 3. The van der Waals surface area contributed by atoms with Gasteiger partial charge in [0.15, 0.2) is 11.2 Å². The second-order valence-electron chi connectivity index (χ2n) is 34.1. The van der Waals surface area contributed by atoms with Crippen LogP contribution in [0.15, 0.2) is 82.7 Å². The lowest BCUT2D eigenvalue weighted by Crippen LogP contribution is -2.61. The molecule has 8 N–H and O–H groups in total. The first-order valence-corrected chi connectivity index (χ1v) is 45.1. The highest BCUT2D eigenvalue weighted by Gasteiger charge is 2.53. The molecule has 35 heteroatoms. The Balaban J connectivity index is 0.538. The number of oxazole rings is 1. The molecule has 4 fully saturated rings. The monoisotopic (exact) mass is 1760 g/mol. The van der Waals surface area contributed by atoms with Crippen molar-refractivity contribution in [2.45, 2.75) is 225 Å². The summed E-state index contributed by atoms with van der Waals surface area (Å²) < 4.78 is 85.2. The van der Waals surface area contributed by atoms with Crippen molar-refractivity contribution in [3.8, 4) is 11.3 Å². The Hall–Kier alpha value is -8.24. The molecule has 1 saturated carbocycles. The van der Waals surface area contributed by atoms with Crippen LogP contribution in [0.4, 0.5) is 11.8 Å². The van der Waals surface area contributed by atoms with E-state index >= 15 is 0 Å². The molecule has 2 amide bonds. The number of nitrogens with zero attached hydrogens (tertiary/aromatic N) is 10. The zero-order valence-corrected chi connectivity index (χ0v) is 75.0. The highest BCUT2D eigenvalue weighted by atomic mass is 16.6. The summed E-state index contributed by atoms with van der Waals surface area (Å²) in [5, 5.41) is 37.6. The molecule has 35 nitrogen and oxygen atoms in total. The van der Waals surface area contributed by atoms with Gasteiger partial charge in [0.2, 0.25) is 11.7 Å². The van der Waals surface area contributed by atoms with Crippen LogP contribution in [-0.2, 0) is 110 Å². The fraction of sp³-hybridized carbons (Fsp3) is 0.692. The van der Waals surface area contributed by atoms with Crippen LogP contribution in [0.1, 0.15) is 156 Å². The zero-order chi connectivity index (χ0) is 89.9. The summed E-state index contributed by atoms with van der Waals surface area (Å²) >= 11 is 0. The normalized spacial score (nSPS) is 27.3. The van der Waals surface area contributed by atoms with Gasteiger partial charge in [-0.25, -0.2) is 24.1 Å². The van der Waals surface area contributed by atoms with Crippen LogP contribution in [0.25, 0.3) is 33.4 Å². The number of piperidine rings is 1. The van der Waals surface area contributed by atoms with E-state index in [1.807, 2.05) is 79.1 Å². The van der Waals surface area contributed by atoms with Crippen molar-refractivity contribution in [3.05, 3.63) is 84.0 Å². The number of aliphatic hydroxyl groups is 2. The standard InChI is InChI=1S/C91H137N13O22/c1-60-16-10-9-11-17-61(2)79(113-7)53-70-23-20-65(6)91(112,126-70)85(109)88(110)103-28-14-12-19-73(103)89(111)124-80(55-76(107)64(5)49-63(4)75(106)54-74(105)62(3)48-60)71(92)50-66-21-24-78(81(51-66)114-8)123-31-15-13-18-69-58-102(100-98-69)30-33-116-35-37-118-39-41-120-43-45-122-47-46-121-44-42-119-40-38-117-36-34-115-32-27-82(108)101-29-26-67(56-101)57-104-87-83(86(93)95-59-96-87)84(99-104)68-22-25-77-72(52-68)97-90(94)125-77/h9-11,16-17,22,25,49,52,58-60,62,64-67,70-71,73,75,78-81,106,112H,12-15,18-21,23-24,26-48,50-51,53-57,92H2,1-8H3,(H2,94,97)(H2,93,95,96)/b11-9+,16-10+,61-17+,63-49+/t60-,62-,64-,65-,66+,67?,70+,71-,73+,75+,78-,79+,80+,81-,91-/m1/s1. The molecule has 15 atom stereocenters. The minimum Gasteiger partial charge on any atom is -0.459 e. The SMILES string of the molecule is CO[C@H]1C[C@@H]2CC[C@@H](C)[C@@](O)(O2)C(=O)C(=O)N2CCCC[C@H]2C(=O)O[C@H]([C@H](N)C[C@@H]2CC[C@@H](OCCCCc3cn(CCOCCOCCOCCOCCOCCOCCOCCOCCC(=O)N4CCC(Cn5nc(-c6ccc7oc(N)nc7c6)c6c(N)ncnc65)C4)nn3)[C@H](OC)C2)CC(=O)[C@H](C)/C=C(\C)[C@@H](O)CC(=O)[C@H](C)C[C@H](C)/C=C/C=C/C=C/1C. The molecule has 0 spiro atoms. The smallest absolute Gasteiger partial charge is 0.329 e. The molecule has 1 aromatic carbocycles. The third-order valence-electron chi connectivity index (χ3n) is 24.5. The number of carbonyl (C=O) groups excluding carboxylic acids is 6. The highest BCUT2D eigenvalue weighted by molar-refractivity contribution is 6.39. The number of nitrogens with two attached hydrogens (primary N) is 3. The van der Waals surface area contributed by atoms with E-state index in [0.717, 1.165) is 48.9 Å². The van der Waals surface area contributed by atoms with Crippen molar-refractivity contribution in [1.29, 1.82) is 0 Å². The highest BCUT2D eigenvalue weighted by Crippen LogP contribution is 2.39. The maximum absolute atomic E-state index is 14.7. The van der Waals surface area contributed by atoms with Crippen LogP contribution >= 0.6 is 0 Å². The second-order valence-corrected chi connectivity index (χ2v) is 34.1. The lowest BCUT2D eigenvalue weighted by molar-refractivity contribution is -0.265. The molecule has 2 bridgehead atoms. The quantitative estimate of drug-likeness (QED) is 0.0107. The Kier molecular flexibility index (Phi) is 41.1. The van der Waals surface area contributed by atoms with Gasteiger partial charge in [0.05, 0.1) is 160 Å². The van der Waals surface area contributed by atoms with Gasteiger partial charge >= 0.3 is 5.97 Å². The minimum absolute atomic E-state index is 0.00299. The number of fused-ring (bicyclic) bond motifs is 5. The van der Waals surface area contributed by atoms with Crippen LogP contribution in [0.5, 0.6) is 0 Å². The van der Waals surface area contributed by atoms with Gasteiger partial charge in [-0.05, 0) is 151 Å². The number of unbranched alkanes of at least 4 members (excludes halogenated alkanes) is 1. The summed E-state index contributed by atoms with van der Waals surface area (Å²) in [5.74, 6) is -7.17. The van der Waals surface area contributed by atoms with Crippen molar-refractivity contribution in [2.24, 2.45) is 41.2 Å². The van der Waals surface area contributed by atoms with E-state index in [1.165, 1.54) is 11.2 Å². The average molecular weight is 1770 g/mol. The van der Waals surface area contributed by atoms with Gasteiger partial charge in [-0.2, -0.15) is 10.1 Å². The van der Waals surface area contributed by atoms with Crippen molar-refractivity contribution < 1.29 is 105 Å². The lowest BCUT2D eigenvalue weighted by Gasteiger charge is -2.42. The molecular formula is C91H137N13O22. The number of aliphatic hydroxyl groups excluding tert-OH is 1. The van der Waals surface area contributed by atoms with E-state index in [9.17, 15) is 39.0 Å². The number of nitrogen functional groups attached to an aromatic ring is 2. The van der Waals surface area contributed by atoms with E-state index in [0.29, 0.717) is 236 Å². The number of likely N-dealkylation sites (tertiary alicyclic amines) is 1. The first-order chi connectivity index (χ1) is 60.9. The number of allylic oxidation sites excluding steroid dienone is 6. The minimum atomic E-state index is -2.47. The summed E-state index contributed by atoms with van der Waals surface area (Å²) in [6.45, 7) is 20.4. The molecule has 3 saturated heterocycles. The van der Waals surface area contributed by atoms with Crippen LogP contribution < -0.4 is 17.2 Å². The zero-order valence-electron chi connectivity index (χ0n) is 75.0. The second kappa shape index (κ2) is 51.8. The Labute approximate surface area is 739 Å². The fourth-order valence-electron chi connectivity index (χ4n) is 17.0. The van der Waals surface area contributed by atoms with Crippen molar-refractivity contribution in [2.75, 3.05) is 158 Å². The number of hydrogen-bond acceptors (Lipinski definition) is 31. The molecule has 1 aliphatic carbocycles. The van der Waals surface area contributed by atoms with Gasteiger partial charge in [-0.1, -0.05) is 69.4 Å². The number of aromatic nitrogens is 8. The molecule has 126 heavy (non-hydrogen) atoms. The molecule has 5 aromatic rings. The first kappa shape index (κ1) is 99.9. The molecule has 5 aliphatic rings. The molecule has 8 heterocycles. The van der Waals surface area contributed by atoms with Crippen molar-refractivity contribution in [1.82, 2.24) is 49.5 Å². The number of methoxy groups -OCH3 is 2. The molecular weight excluding hydrogens is 1630 g/mol. The van der Waals surface area contributed by atoms with E-state index in [4.69, 9.17) is 88.3 Å². The molecule has 10 rings (SSSR count). The number of carbonyl (C=O) groups is 6. The Morgan fingerprint density at radius 1 is 0.706 bits per heavy atom. The molecule has 4 aliphatic heterocycles. The van der Waals surface area contributed by atoms with Crippen molar-refractivity contribution in [3.63, 3.8) is 0 Å². The van der Waals surface area contributed by atoms with Crippen LogP contribution in [0.2, 0.25) is 0 Å². The first-order valence-electron chi connectivity index (χ1n) is 45.1. The number of rotatable bonds is 41. The number of esters is 1. The number of ether oxygens (including phenoxy) is 13. The summed E-state index contributed by atoms with van der Waals surface area (Å²) in [4.78, 5) is 101. The van der Waals surface area contributed by atoms with E-state index in [1.54, 1.807) is 51.8 Å². The number of aryl methyl sites for hydroxylation is 1. The topological polar surface area (TPSA) is 448 Å². The third kappa shape index (κ3) is 30.4. The Morgan fingerprint density at radius 2 is 1.40 bits per heavy atom. The summed E-state index contributed by atoms with van der Waals surface area (Å²) in [6, 6.07) is 3.55. The molecule has 1 unspecified atom stereocenters. The number of benzene rings is 1.